The Morgan fingerprint density at radius 1 is 1.04 bits per heavy atom. The van der Waals surface area contributed by atoms with Crippen LogP contribution >= 0.6 is 0 Å². The highest BCUT2D eigenvalue weighted by Crippen LogP contribution is 2.40. The van der Waals surface area contributed by atoms with Crippen molar-refractivity contribution in [3.05, 3.63) is 53.4 Å². The number of hydrogen-bond donors (Lipinski definition) is 2. The summed E-state index contributed by atoms with van der Waals surface area (Å²) in [6.07, 6.45) is 7.29. The van der Waals surface area contributed by atoms with Crippen LogP contribution in [0.15, 0.2) is 30.6 Å². The number of nitrogens with zero attached hydrogens (tertiary/aromatic N) is 2. The van der Waals surface area contributed by atoms with Crippen molar-refractivity contribution in [1.82, 2.24) is 15.3 Å². The van der Waals surface area contributed by atoms with Crippen LogP contribution in [0.1, 0.15) is 48.0 Å². The third kappa shape index (κ3) is 3.75. The predicted octanol–water partition coefficient (Wildman–Crippen LogP) is 3.39. The number of carbonyl (C=O) groups is 1. The van der Waals surface area contributed by atoms with Gasteiger partial charge in [0.05, 0.1) is 11.1 Å². The standard InChI is InChI=1S/C18H20F2N4O/c1-21-16(25)12-10-22-17(23-11-12)24-18(5-3-2-4-6-18)13-7-14(19)9-15(20)8-13/h7-11H,2-6H2,1H3,(H,21,25)(H,22,23,24). The molecule has 7 heteroatoms. The first-order valence-electron chi connectivity index (χ1n) is 8.31. The molecule has 132 valence electrons. The summed E-state index contributed by atoms with van der Waals surface area (Å²) in [7, 11) is 1.53. The number of aromatic nitrogens is 2. The lowest BCUT2D eigenvalue weighted by Gasteiger charge is -2.38. The smallest absolute Gasteiger partial charge is 0.254 e. The van der Waals surface area contributed by atoms with Crippen molar-refractivity contribution in [2.24, 2.45) is 0 Å². The molecule has 2 N–H and O–H groups in total. The van der Waals surface area contributed by atoms with Crippen LogP contribution in [-0.4, -0.2) is 22.9 Å². The number of benzene rings is 1. The average molecular weight is 346 g/mol. The van der Waals surface area contributed by atoms with E-state index >= 15 is 0 Å². The van der Waals surface area contributed by atoms with Crippen LogP contribution in [0.5, 0.6) is 0 Å². The second-order valence-electron chi connectivity index (χ2n) is 6.30. The SMILES string of the molecule is CNC(=O)c1cnc(NC2(c3cc(F)cc(F)c3)CCCCC2)nc1. The average Bonchev–Trinajstić information content (AvgIpc) is 2.62. The summed E-state index contributed by atoms with van der Waals surface area (Å²) in [4.78, 5) is 20.0. The van der Waals surface area contributed by atoms with Crippen LogP contribution in [0, 0.1) is 11.6 Å². The molecule has 1 aromatic carbocycles. The third-order valence-electron chi connectivity index (χ3n) is 4.61. The zero-order valence-corrected chi connectivity index (χ0v) is 14.0. The zero-order chi connectivity index (χ0) is 17.9. The Morgan fingerprint density at radius 2 is 1.64 bits per heavy atom. The van der Waals surface area contributed by atoms with Crippen LogP contribution in [-0.2, 0) is 5.54 Å². The number of rotatable bonds is 4. The maximum Gasteiger partial charge on any atom is 0.254 e. The molecule has 0 spiro atoms. The van der Waals surface area contributed by atoms with E-state index in [1.807, 2.05) is 0 Å². The molecule has 1 heterocycles. The van der Waals surface area contributed by atoms with Gasteiger partial charge in [0, 0.05) is 25.5 Å². The lowest BCUT2D eigenvalue weighted by molar-refractivity contribution is 0.0962. The molecular weight excluding hydrogens is 326 g/mol. The Bertz CT molecular complexity index is 738. The van der Waals surface area contributed by atoms with E-state index in [1.165, 1.54) is 31.6 Å². The zero-order valence-electron chi connectivity index (χ0n) is 14.0. The van der Waals surface area contributed by atoms with Crippen LogP contribution in [0.3, 0.4) is 0 Å². The molecule has 1 saturated carbocycles. The first-order chi connectivity index (χ1) is 12.0. The van der Waals surface area contributed by atoms with Crippen molar-refractivity contribution in [3.63, 3.8) is 0 Å². The summed E-state index contributed by atoms with van der Waals surface area (Å²) in [6, 6.07) is 3.59. The van der Waals surface area contributed by atoms with E-state index in [1.54, 1.807) is 0 Å². The lowest BCUT2D eigenvalue weighted by atomic mass is 9.76. The van der Waals surface area contributed by atoms with E-state index in [-0.39, 0.29) is 5.91 Å². The summed E-state index contributed by atoms with van der Waals surface area (Å²) < 4.78 is 27.5. The van der Waals surface area contributed by atoms with Gasteiger partial charge in [-0.2, -0.15) is 0 Å². The van der Waals surface area contributed by atoms with Gasteiger partial charge < -0.3 is 10.6 Å². The first-order valence-corrected chi connectivity index (χ1v) is 8.31. The second kappa shape index (κ2) is 7.13. The minimum Gasteiger partial charge on any atom is -0.355 e. The highest BCUT2D eigenvalue weighted by atomic mass is 19.1. The number of amides is 1. The molecule has 25 heavy (non-hydrogen) atoms. The number of carbonyl (C=O) groups excluding carboxylic acids is 1. The van der Waals surface area contributed by atoms with Gasteiger partial charge in [-0.05, 0) is 30.5 Å². The highest BCUT2D eigenvalue weighted by molar-refractivity contribution is 5.93. The molecule has 0 atom stereocenters. The molecule has 0 unspecified atom stereocenters. The molecular formula is C18H20F2N4O. The van der Waals surface area contributed by atoms with Gasteiger partial charge in [0.1, 0.15) is 11.6 Å². The van der Waals surface area contributed by atoms with E-state index in [0.29, 0.717) is 17.1 Å². The topological polar surface area (TPSA) is 66.9 Å². The maximum atomic E-state index is 13.7. The molecule has 5 nitrogen and oxygen atoms in total. The van der Waals surface area contributed by atoms with Crippen LogP contribution < -0.4 is 10.6 Å². The van der Waals surface area contributed by atoms with Gasteiger partial charge in [-0.1, -0.05) is 19.3 Å². The van der Waals surface area contributed by atoms with Crippen molar-refractivity contribution >= 4 is 11.9 Å². The third-order valence-corrected chi connectivity index (χ3v) is 4.61. The van der Waals surface area contributed by atoms with Crippen molar-refractivity contribution in [3.8, 4) is 0 Å². The second-order valence-corrected chi connectivity index (χ2v) is 6.30. The molecule has 0 bridgehead atoms. The molecule has 1 aromatic heterocycles. The molecule has 0 saturated heterocycles. The van der Waals surface area contributed by atoms with E-state index < -0.39 is 17.2 Å². The Hall–Kier alpha value is -2.57. The monoisotopic (exact) mass is 346 g/mol. The molecule has 1 aliphatic carbocycles. The summed E-state index contributed by atoms with van der Waals surface area (Å²) in [5, 5.41) is 5.77. The number of nitrogens with one attached hydrogen (secondary N) is 2. The number of anilines is 1. The quantitative estimate of drug-likeness (QED) is 0.891. The molecule has 1 aliphatic rings. The summed E-state index contributed by atoms with van der Waals surface area (Å²) >= 11 is 0. The largest absolute Gasteiger partial charge is 0.355 e. The van der Waals surface area contributed by atoms with Crippen molar-refractivity contribution < 1.29 is 13.6 Å². The maximum absolute atomic E-state index is 13.7. The Morgan fingerprint density at radius 3 is 2.20 bits per heavy atom. The van der Waals surface area contributed by atoms with Gasteiger partial charge in [0.2, 0.25) is 5.95 Å². The van der Waals surface area contributed by atoms with E-state index in [9.17, 15) is 13.6 Å². The molecule has 2 aromatic rings. The van der Waals surface area contributed by atoms with Crippen molar-refractivity contribution in [1.29, 1.82) is 0 Å². The molecule has 3 rings (SSSR count). The van der Waals surface area contributed by atoms with E-state index in [2.05, 4.69) is 20.6 Å². The highest BCUT2D eigenvalue weighted by Gasteiger charge is 2.35. The van der Waals surface area contributed by atoms with Crippen LogP contribution in [0.2, 0.25) is 0 Å². The molecule has 1 amide bonds. The lowest BCUT2D eigenvalue weighted by Crippen LogP contribution is -2.38. The number of halogens is 2. The fourth-order valence-electron chi connectivity index (χ4n) is 3.34. The summed E-state index contributed by atoms with van der Waals surface area (Å²) in [5.41, 5.74) is 0.293. The van der Waals surface area contributed by atoms with Crippen LogP contribution in [0.25, 0.3) is 0 Å². The molecule has 1 fully saturated rings. The van der Waals surface area contributed by atoms with E-state index in [4.69, 9.17) is 0 Å². The summed E-state index contributed by atoms with van der Waals surface area (Å²) in [6.45, 7) is 0. The van der Waals surface area contributed by atoms with Gasteiger partial charge in [0.25, 0.3) is 5.91 Å². The van der Waals surface area contributed by atoms with Gasteiger partial charge in [-0.25, -0.2) is 18.7 Å². The normalized spacial score (nSPS) is 16.3. The molecule has 0 aliphatic heterocycles. The van der Waals surface area contributed by atoms with Gasteiger partial charge in [-0.3, -0.25) is 4.79 Å². The Kier molecular flexibility index (Phi) is 4.92. The summed E-state index contributed by atoms with van der Waals surface area (Å²) in [5.74, 6) is -1.14. The Balaban J connectivity index is 1.92. The predicted molar refractivity (Wildman–Crippen MR) is 90.2 cm³/mol. The Labute approximate surface area is 144 Å². The minimum atomic E-state index is -0.615. The molecule has 0 radical (unpaired) electrons. The van der Waals surface area contributed by atoms with Crippen LogP contribution in [0.4, 0.5) is 14.7 Å². The van der Waals surface area contributed by atoms with Gasteiger partial charge in [-0.15, -0.1) is 0 Å². The van der Waals surface area contributed by atoms with Gasteiger partial charge in [0.15, 0.2) is 0 Å². The fraction of sp³-hybridized carbons (Fsp3) is 0.389. The first kappa shape index (κ1) is 17.3. The number of hydrogen-bond acceptors (Lipinski definition) is 4. The van der Waals surface area contributed by atoms with E-state index in [0.717, 1.165) is 38.2 Å². The van der Waals surface area contributed by atoms with Gasteiger partial charge >= 0.3 is 0 Å². The van der Waals surface area contributed by atoms with Crippen molar-refractivity contribution in [2.45, 2.75) is 37.6 Å². The van der Waals surface area contributed by atoms with Crippen molar-refractivity contribution in [2.75, 3.05) is 12.4 Å². The minimum absolute atomic E-state index is 0.272. The fourth-order valence-corrected chi connectivity index (χ4v) is 3.34.